The lowest BCUT2D eigenvalue weighted by Gasteiger charge is -2.17. The van der Waals surface area contributed by atoms with Crippen molar-refractivity contribution in [3.8, 4) is 11.1 Å². The van der Waals surface area contributed by atoms with Crippen LogP contribution in [-0.2, 0) is 4.79 Å². The van der Waals surface area contributed by atoms with Crippen LogP contribution < -0.4 is 10.9 Å². The van der Waals surface area contributed by atoms with Crippen LogP contribution in [0.3, 0.4) is 0 Å². The van der Waals surface area contributed by atoms with E-state index in [2.05, 4.69) is 10.3 Å². The van der Waals surface area contributed by atoms with Crippen molar-refractivity contribution >= 4 is 33.1 Å². The maximum absolute atomic E-state index is 13.4. The minimum Gasteiger partial charge on any atom is -0.324 e. The number of fused-ring (bicyclic) bond motifs is 1. The zero-order valence-corrected chi connectivity index (χ0v) is 17.1. The number of hydrogen-bond acceptors (Lipinski definition) is 4. The molecule has 1 amide bonds. The van der Waals surface area contributed by atoms with Gasteiger partial charge in [0.25, 0.3) is 5.56 Å². The summed E-state index contributed by atoms with van der Waals surface area (Å²) in [6, 6.07) is 18.5. The fourth-order valence-corrected chi connectivity index (χ4v) is 4.55. The summed E-state index contributed by atoms with van der Waals surface area (Å²) in [7, 11) is 0. The van der Waals surface area contributed by atoms with Gasteiger partial charge in [0.1, 0.15) is 10.9 Å². The maximum atomic E-state index is 13.4. The molecule has 4 rings (SSSR count). The number of benzene rings is 2. The van der Waals surface area contributed by atoms with Gasteiger partial charge in [-0.15, -0.1) is 11.3 Å². The first-order valence-electron chi connectivity index (χ1n) is 9.51. The number of aromatic nitrogens is 2. The second kappa shape index (κ2) is 8.01. The Balaban J connectivity index is 1.80. The molecule has 2 aromatic heterocycles. The topological polar surface area (TPSA) is 64.0 Å². The number of rotatable bonds is 5. The first-order valence-corrected chi connectivity index (χ1v) is 10.3. The fraction of sp³-hybridized carbons (Fsp3) is 0.174. The Labute approximate surface area is 172 Å². The molecule has 6 heteroatoms. The Hall–Kier alpha value is -3.25. The molecule has 1 unspecified atom stereocenters. The fourth-order valence-electron chi connectivity index (χ4n) is 3.55. The number of para-hydroxylation sites is 1. The highest BCUT2D eigenvalue weighted by Gasteiger charge is 2.23. The Kier molecular flexibility index (Phi) is 5.27. The van der Waals surface area contributed by atoms with Gasteiger partial charge < -0.3 is 5.32 Å². The third-order valence-electron chi connectivity index (χ3n) is 4.94. The zero-order valence-electron chi connectivity index (χ0n) is 16.3. The smallest absolute Gasteiger partial charge is 0.263 e. The van der Waals surface area contributed by atoms with E-state index in [1.807, 2.05) is 74.5 Å². The minimum atomic E-state index is -0.636. The van der Waals surface area contributed by atoms with Crippen molar-refractivity contribution in [1.29, 1.82) is 0 Å². The molecule has 1 N–H and O–H groups in total. The molecule has 0 spiro atoms. The van der Waals surface area contributed by atoms with Gasteiger partial charge in [0, 0.05) is 16.1 Å². The van der Waals surface area contributed by atoms with Gasteiger partial charge in [-0.1, -0.05) is 55.5 Å². The first-order chi connectivity index (χ1) is 14.1. The third kappa shape index (κ3) is 3.59. The standard InChI is InChI=1S/C23H21N3O2S/c1-3-18(21(27)25-17-12-8-5-9-13-17)26-14-24-22-20(23(26)28)19(15(2)29-22)16-10-6-4-7-11-16/h4-14,18H,3H2,1-2H3,(H,25,27). The largest absolute Gasteiger partial charge is 0.324 e. The molecule has 0 fully saturated rings. The highest BCUT2D eigenvalue weighted by atomic mass is 32.1. The van der Waals surface area contributed by atoms with Gasteiger partial charge >= 0.3 is 0 Å². The summed E-state index contributed by atoms with van der Waals surface area (Å²) in [6.45, 7) is 3.89. The summed E-state index contributed by atoms with van der Waals surface area (Å²) in [5.41, 5.74) is 2.40. The van der Waals surface area contributed by atoms with Crippen molar-refractivity contribution in [2.75, 3.05) is 5.32 Å². The monoisotopic (exact) mass is 403 g/mol. The number of amides is 1. The van der Waals surface area contributed by atoms with Crippen LogP contribution >= 0.6 is 11.3 Å². The van der Waals surface area contributed by atoms with Crippen molar-refractivity contribution in [3.05, 3.63) is 82.2 Å². The molecule has 29 heavy (non-hydrogen) atoms. The Morgan fingerprint density at radius 2 is 1.76 bits per heavy atom. The van der Waals surface area contributed by atoms with E-state index in [0.29, 0.717) is 22.3 Å². The molecule has 4 aromatic rings. The SMILES string of the molecule is CCC(C(=O)Nc1ccccc1)n1cnc2sc(C)c(-c3ccccc3)c2c1=O. The van der Waals surface area contributed by atoms with E-state index in [4.69, 9.17) is 0 Å². The molecule has 2 heterocycles. The normalized spacial score (nSPS) is 12.1. The summed E-state index contributed by atoms with van der Waals surface area (Å²) < 4.78 is 1.46. The lowest BCUT2D eigenvalue weighted by Crippen LogP contribution is -2.33. The van der Waals surface area contributed by atoms with Gasteiger partial charge in [0.15, 0.2) is 0 Å². The molecule has 1 atom stereocenters. The molecule has 0 saturated heterocycles. The second-order valence-electron chi connectivity index (χ2n) is 6.82. The van der Waals surface area contributed by atoms with Crippen LogP contribution in [0.2, 0.25) is 0 Å². The Morgan fingerprint density at radius 3 is 2.41 bits per heavy atom. The van der Waals surface area contributed by atoms with E-state index < -0.39 is 6.04 Å². The van der Waals surface area contributed by atoms with Crippen molar-refractivity contribution in [1.82, 2.24) is 9.55 Å². The maximum Gasteiger partial charge on any atom is 0.263 e. The van der Waals surface area contributed by atoms with E-state index in [-0.39, 0.29) is 11.5 Å². The van der Waals surface area contributed by atoms with E-state index in [0.717, 1.165) is 16.0 Å². The van der Waals surface area contributed by atoms with Gasteiger partial charge in [0.2, 0.25) is 5.91 Å². The molecular weight excluding hydrogens is 382 g/mol. The van der Waals surface area contributed by atoms with Crippen LogP contribution in [0, 0.1) is 6.92 Å². The average molecular weight is 404 g/mol. The summed E-state index contributed by atoms with van der Waals surface area (Å²) in [5, 5.41) is 3.47. The number of carbonyl (C=O) groups excluding carboxylic acids is 1. The number of hydrogen-bond donors (Lipinski definition) is 1. The number of anilines is 1. The number of thiophene rings is 1. The van der Waals surface area contributed by atoms with E-state index in [1.165, 1.54) is 22.2 Å². The lowest BCUT2D eigenvalue weighted by atomic mass is 10.0. The van der Waals surface area contributed by atoms with Crippen molar-refractivity contribution in [3.63, 3.8) is 0 Å². The summed E-state index contributed by atoms with van der Waals surface area (Å²) in [4.78, 5) is 32.6. The van der Waals surface area contributed by atoms with Crippen LogP contribution in [-0.4, -0.2) is 15.5 Å². The van der Waals surface area contributed by atoms with Crippen molar-refractivity contribution in [2.24, 2.45) is 0 Å². The van der Waals surface area contributed by atoms with Crippen molar-refractivity contribution in [2.45, 2.75) is 26.3 Å². The van der Waals surface area contributed by atoms with Crippen LogP contribution in [0.1, 0.15) is 24.3 Å². The molecule has 146 valence electrons. The number of carbonyl (C=O) groups is 1. The molecule has 0 aliphatic heterocycles. The highest BCUT2D eigenvalue weighted by Crippen LogP contribution is 2.35. The third-order valence-corrected chi connectivity index (χ3v) is 5.96. The quantitative estimate of drug-likeness (QED) is 0.509. The van der Waals surface area contributed by atoms with E-state index >= 15 is 0 Å². The molecule has 0 aliphatic rings. The van der Waals surface area contributed by atoms with E-state index in [1.54, 1.807) is 0 Å². The van der Waals surface area contributed by atoms with Gasteiger partial charge in [-0.25, -0.2) is 4.98 Å². The summed E-state index contributed by atoms with van der Waals surface area (Å²) >= 11 is 1.50. The highest BCUT2D eigenvalue weighted by molar-refractivity contribution is 7.19. The van der Waals surface area contributed by atoms with Crippen LogP contribution in [0.25, 0.3) is 21.3 Å². The molecule has 5 nitrogen and oxygen atoms in total. The molecule has 0 bridgehead atoms. The Morgan fingerprint density at radius 1 is 1.10 bits per heavy atom. The molecule has 0 saturated carbocycles. The van der Waals surface area contributed by atoms with E-state index in [9.17, 15) is 9.59 Å². The minimum absolute atomic E-state index is 0.187. The number of nitrogens with zero attached hydrogens (tertiary/aromatic N) is 2. The summed E-state index contributed by atoms with van der Waals surface area (Å²) in [5.74, 6) is -0.227. The van der Waals surface area contributed by atoms with Crippen LogP contribution in [0.5, 0.6) is 0 Å². The lowest BCUT2D eigenvalue weighted by molar-refractivity contribution is -0.119. The van der Waals surface area contributed by atoms with Gasteiger partial charge in [-0.2, -0.15) is 0 Å². The average Bonchev–Trinajstić information content (AvgIpc) is 3.08. The van der Waals surface area contributed by atoms with Gasteiger partial charge in [-0.05, 0) is 31.0 Å². The van der Waals surface area contributed by atoms with Gasteiger partial charge in [0.05, 0.1) is 11.7 Å². The molecule has 2 aromatic carbocycles. The molecule has 0 radical (unpaired) electrons. The second-order valence-corrected chi connectivity index (χ2v) is 8.02. The predicted octanol–water partition coefficient (Wildman–Crippen LogP) is 5.02. The molecular formula is C23H21N3O2S. The van der Waals surface area contributed by atoms with Gasteiger partial charge in [-0.3, -0.25) is 14.2 Å². The first kappa shape index (κ1) is 19.1. The summed E-state index contributed by atoms with van der Waals surface area (Å²) in [6.07, 6.45) is 1.98. The van der Waals surface area contributed by atoms with Crippen LogP contribution in [0.15, 0.2) is 71.8 Å². The van der Waals surface area contributed by atoms with Crippen molar-refractivity contribution < 1.29 is 4.79 Å². The predicted molar refractivity (Wildman–Crippen MR) is 118 cm³/mol. The van der Waals surface area contributed by atoms with Crippen LogP contribution in [0.4, 0.5) is 5.69 Å². The number of nitrogens with one attached hydrogen (secondary N) is 1. The molecule has 0 aliphatic carbocycles. The zero-order chi connectivity index (χ0) is 20.4. The Bertz CT molecular complexity index is 1210. The number of aryl methyl sites for hydroxylation is 1.